The van der Waals surface area contributed by atoms with Gasteiger partial charge in [0.05, 0.1) is 17.5 Å². The summed E-state index contributed by atoms with van der Waals surface area (Å²) >= 11 is 0. The molecule has 0 aliphatic rings. The lowest BCUT2D eigenvalue weighted by Crippen LogP contribution is -2.29. The number of nitrogens with zero attached hydrogens (tertiary/aromatic N) is 1. The number of methoxy groups -OCH3 is 1. The number of para-hydroxylation sites is 1. The van der Waals surface area contributed by atoms with E-state index in [4.69, 9.17) is 4.74 Å². The Kier molecular flexibility index (Phi) is 3.89. The van der Waals surface area contributed by atoms with Gasteiger partial charge in [0.2, 0.25) is 0 Å². The van der Waals surface area contributed by atoms with E-state index in [1.54, 1.807) is 36.4 Å². The smallest absolute Gasteiger partial charge is 0.490 e. The Morgan fingerprint density at radius 3 is 2.30 bits per heavy atom. The third-order valence-electron chi connectivity index (χ3n) is 3.60. The van der Waals surface area contributed by atoms with Crippen LogP contribution >= 0.6 is 0 Å². The van der Waals surface area contributed by atoms with E-state index < -0.39 is 17.1 Å². The molecule has 0 atom stereocenters. The maximum atomic E-state index is 12.8. The van der Waals surface area contributed by atoms with Gasteiger partial charge in [0.1, 0.15) is 5.75 Å². The summed E-state index contributed by atoms with van der Waals surface area (Å²) in [6.07, 6.45) is 1.23. The van der Waals surface area contributed by atoms with Gasteiger partial charge < -0.3 is 14.8 Å². The third kappa shape index (κ3) is 2.61. The van der Waals surface area contributed by atoms with Crippen LogP contribution < -0.4 is 10.2 Å². The van der Waals surface area contributed by atoms with Crippen molar-refractivity contribution in [2.45, 2.75) is 4.90 Å². The molecule has 2 N–H and O–H groups in total. The van der Waals surface area contributed by atoms with Crippen molar-refractivity contribution < 1.29 is 23.2 Å². The SMILES string of the molecule is COc1ccc(S(=O)(=O)n2cc(B(O)O)c3ccccc32)cc1. The van der Waals surface area contributed by atoms with Crippen LogP contribution in [0.5, 0.6) is 5.75 Å². The molecule has 1 aromatic heterocycles. The molecule has 2 aromatic carbocycles. The first-order chi connectivity index (χ1) is 10.9. The Morgan fingerprint density at radius 2 is 1.70 bits per heavy atom. The fourth-order valence-corrected chi connectivity index (χ4v) is 3.82. The van der Waals surface area contributed by atoms with E-state index in [-0.39, 0.29) is 10.4 Å². The van der Waals surface area contributed by atoms with Crippen molar-refractivity contribution in [2.75, 3.05) is 7.11 Å². The largest absolute Gasteiger partial charge is 0.497 e. The molecule has 23 heavy (non-hydrogen) atoms. The van der Waals surface area contributed by atoms with Crippen LogP contribution in [0.2, 0.25) is 0 Å². The van der Waals surface area contributed by atoms with Gasteiger partial charge in [-0.1, -0.05) is 18.2 Å². The van der Waals surface area contributed by atoms with Crippen molar-refractivity contribution in [3.63, 3.8) is 0 Å². The van der Waals surface area contributed by atoms with Crippen LogP contribution in [-0.2, 0) is 10.0 Å². The molecular formula is C15H14BNO5S. The van der Waals surface area contributed by atoms with Gasteiger partial charge in [0.15, 0.2) is 0 Å². The quantitative estimate of drug-likeness (QED) is 0.682. The third-order valence-corrected chi connectivity index (χ3v) is 5.29. The van der Waals surface area contributed by atoms with Crippen molar-refractivity contribution in [1.29, 1.82) is 0 Å². The summed E-state index contributed by atoms with van der Waals surface area (Å²) < 4.78 is 31.8. The Balaban J connectivity index is 2.22. The Bertz CT molecular complexity index is 948. The van der Waals surface area contributed by atoms with E-state index in [9.17, 15) is 18.5 Å². The maximum absolute atomic E-state index is 12.8. The van der Waals surface area contributed by atoms with Crippen LogP contribution in [0.1, 0.15) is 0 Å². The number of rotatable bonds is 4. The molecule has 0 bridgehead atoms. The molecule has 6 nitrogen and oxygen atoms in total. The molecule has 0 fully saturated rings. The van der Waals surface area contributed by atoms with Crippen molar-refractivity contribution >= 4 is 33.5 Å². The zero-order chi connectivity index (χ0) is 16.6. The molecular weight excluding hydrogens is 317 g/mol. The molecule has 0 radical (unpaired) electrons. The number of hydrogen-bond donors (Lipinski definition) is 2. The zero-order valence-corrected chi connectivity index (χ0v) is 13.1. The first-order valence-electron chi connectivity index (χ1n) is 6.81. The zero-order valence-electron chi connectivity index (χ0n) is 12.2. The second-order valence-corrected chi connectivity index (χ2v) is 6.77. The highest BCUT2D eigenvalue weighted by molar-refractivity contribution is 7.90. The maximum Gasteiger partial charge on any atom is 0.490 e. The standard InChI is InChI=1S/C15H14BNO5S/c1-22-11-6-8-12(9-7-11)23(20,21)17-10-14(16(18)19)13-4-2-3-5-15(13)17/h2-10,18-19H,1H3. The lowest BCUT2D eigenvalue weighted by Gasteiger charge is -2.08. The number of aromatic nitrogens is 1. The Labute approximate surface area is 133 Å². The van der Waals surface area contributed by atoms with Gasteiger partial charge >= 0.3 is 7.12 Å². The van der Waals surface area contributed by atoms with Crippen molar-refractivity contribution in [1.82, 2.24) is 3.97 Å². The Hall–Kier alpha value is -2.29. The second-order valence-electron chi connectivity index (χ2n) is 4.95. The molecule has 1 heterocycles. The Morgan fingerprint density at radius 1 is 1.04 bits per heavy atom. The van der Waals surface area contributed by atoms with E-state index in [2.05, 4.69) is 0 Å². The number of benzene rings is 2. The molecule has 118 valence electrons. The van der Waals surface area contributed by atoms with Crippen molar-refractivity contribution in [3.8, 4) is 5.75 Å². The van der Waals surface area contributed by atoms with E-state index >= 15 is 0 Å². The lowest BCUT2D eigenvalue weighted by molar-refractivity contribution is 0.414. The molecule has 3 aromatic rings. The van der Waals surface area contributed by atoms with Crippen LogP contribution in [0.3, 0.4) is 0 Å². The predicted octanol–water partition coefficient (Wildman–Crippen LogP) is 0.567. The molecule has 8 heteroatoms. The lowest BCUT2D eigenvalue weighted by atomic mass is 9.80. The molecule has 0 aliphatic carbocycles. The summed E-state index contributed by atoms with van der Waals surface area (Å²) in [5.74, 6) is 0.549. The molecule has 3 rings (SSSR count). The van der Waals surface area contributed by atoms with E-state index in [0.717, 1.165) is 3.97 Å². The van der Waals surface area contributed by atoms with Crippen LogP contribution in [0, 0.1) is 0 Å². The minimum atomic E-state index is -3.86. The average Bonchev–Trinajstić information content (AvgIpc) is 2.95. The monoisotopic (exact) mass is 331 g/mol. The molecule has 0 saturated carbocycles. The summed E-state index contributed by atoms with van der Waals surface area (Å²) in [6.45, 7) is 0. The average molecular weight is 331 g/mol. The topological polar surface area (TPSA) is 88.8 Å². The summed E-state index contributed by atoms with van der Waals surface area (Å²) in [5, 5.41) is 19.4. The van der Waals surface area contributed by atoms with Gasteiger partial charge in [-0.15, -0.1) is 0 Å². The summed E-state index contributed by atoms with van der Waals surface area (Å²) in [6, 6.07) is 12.7. The minimum absolute atomic E-state index is 0.0815. The fourth-order valence-electron chi connectivity index (χ4n) is 2.44. The van der Waals surface area contributed by atoms with Crippen LogP contribution in [0.25, 0.3) is 10.9 Å². The van der Waals surface area contributed by atoms with E-state index in [0.29, 0.717) is 16.7 Å². The van der Waals surface area contributed by atoms with E-state index in [1.165, 1.54) is 25.4 Å². The van der Waals surface area contributed by atoms with Crippen LogP contribution in [0.15, 0.2) is 59.6 Å². The highest BCUT2D eigenvalue weighted by atomic mass is 32.2. The first-order valence-corrected chi connectivity index (χ1v) is 8.25. The first kappa shape index (κ1) is 15.6. The highest BCUT2D eigenvalue weighted by Crippen LogP contribution is 2.22. The normalized spacial score (nSPS) is 11.6. The summed E-state index contributed by atoms with van der Waals surface area (Å²) in [5.41, 5.74) is 0.518. The molecule has 0 spiro atoms. The molecule has 0 aliphatic heterocycles. The highest BCUT2D eigenvalue weighted by Gasteiger charge is 2.25. The summed E-state index contributed by atoms with van der Waals surface area (Å²) in [7, 11) is -4.12. The van der Waals surface area contributed by atoms with Crippen molar-refractivity contribution in [3.05, 3.63) is 54.7 Å². The van der Waals surface area contributed by atoms with Gasteiger partial charge in [0, 0.05) is 17.0 Å². The van der Waals surface area contributed by atoms with E-state index in [1.807, 2.05) is 0 Å². The number of hydrogen-bond acceptors (Lipinski definition) is 5. The van der Waals surface area contributed by atoms with Gasteiger partial charge in [-0.25, -0.2) is 12.4 Å². The van der Waals surface area contributed by atoms with Gasteiger partial charge in [-0.05, 0) is 30.3 Å². The van der Waals surface area contributed by atoms with Crippen LogP contribution in [-0.4, -0.2) is 36.7 Å². The number of ether oxygens (including phenoxy) is 1. The van der Waals surface area contributed by atoms with Crippen LogP contribution in [0.4, 0.5) is 0 Å². The second kappa shape index (κ2) is 5.73. The molecule has 0 amide bonds. The van der Waals surface area contributed by atoms with Crippen molar-refractivity contribution in [2.24, 2.45) is 0 Å². The van der Waals surface area contributed by atoms with Gasteiger partial charge in [-0.2, -0.15) is 0 Å². The number of fused-ring (bicyclic) bond motifs is 1. The molecule has 0 saturated heterocycles. The predicted molar refractivity (Wildman–Crippen MR) is 87.3 cm³/mol. The fraction of sp³-hybridized carbons (Fsp3) is 0.0667. The summed E-state index contributed by atoms with van der Waals surface area (Å²) in [4.78, 5) is 0.0815. The van der Waals surface area contributed by atoms with Gasteiger partial charge in [0.25, 0.3) is 10.0 Å². The molecule has 0 unspecified atom stereocenters. The van der Waals surface area contributed by atoms with Gasteiger partial charge in [-0.3, -0.25) is 0 Å². The minimum Gasteiger partial charge on any atom is -0.497 e.